The highest BCUT2D eigenvalue weighted by Gasteiger charge is 2.15. The average Bonchev–Trinajstić information content (AvgIpc) is 3.15. The maximum Gasteiger partial charge on any atom is 0.220 e. The van der Waals surface area contributed by atoms with Gasteiger partial charge in [-0.25, -0.2) is 9.97 Å². The summed E-state index contributed by atoms with van der Waals surface area (Å²) in [6.07, 6.45) is 3.54. The number of nitrogens with two attached hydrogens (primary N) is 1. The predicted molar refractivity (Wildman–Crippen MR) is 116 cm³/mol. The van der Waals surface area contributed by atoms with Gasteiger partial charge in [0.1, 0.15) is 5.69 Å². The summed E-state index contributed by atoms with van der Waals surface area (Å²) in [5.41, 5.74) is 8.46. The molecule has 0 unspecified atom stereocenters. The highest BCUT2D eigenvalue weighted by atomic mass is 79.9. The van der Waals surface area contributed by atoms with E-state index in [-0.39, 0.29) is 5.95 Å². The molecule has 0 aliphatic carbocycles. The SMILES string of the molecule is Nc1ncc(OCC[OH+]CCN2CCOCC2)c(-c2c[nH]c3ccc(Br)cc23)n1. The van der Waals surface area contributed by atoms with Gasteiger partial charge < -0.3 is 24.9 Å². The average molecular weight is 463 g/mol. The minimum absolute atomic E-state index is 0.215. The Kier molecular flexibility index (Phi) is 6.60. The molecule has 1 fully saturated rings. The molecule has 9 heteroatoms. The summed E-state index contributed by atoms with van der Waals surface area (Å²) in [5.74, 6) is 0.815. The third-order valence-corrected chi connectivity index (χ3v) is 5.35. The number of ether oxygens (including phenoxy) is 3. The summed E-state index contributed by atoms with van der Waals surface area (Å²) in [6.45, 7) is 6.44. The standard InChI is InChI=1S/C20H24BrN5O3/c21-14-1-2-17-15(11-14)16(12-23-17)19-18(13-24-20(22)25-19)29-10-9-28-8-5-26-3-6-27-7-4-26/h1-2,11-13,23H,3-10H2,(H2,22,24,25)/p+1. The van der Waals surface area contributed by atoms with Gasteiger partial charge in [0.25, 0.3) is 0 Å². The van der Waals surface area contributed by atoms with E-state index in [0.717, 1.165) is 60.4 Å². The lowest BCUT2D eigenvalue weighted by Gasteiger charge is -2.25. The zero-order valence-electron chi connectivity index (χ0n) is 16.1. The van der Waals surface area contributed by atoms with Gasteiger partial charge >= 0.3 is 0 Å². The van der Waals surface area contributed by atoms with Crippen LogP contribution < -0.4 is 10.5 Å². The molecule has 154 valence electrons. The van der Waals surface area contributed by atoms with Gasteiger partial charge in [0.15, 0.2) is 25.6 Å². The van der Waals surface area contributed by atoms with Crippen LogP contribution in [0.2, 0.25) is 0 Å². The van der Waals surface area contributed by atoms with Crippen LogP contribution >= 0.6 is 15.9 Å². The van der Waals surface area contributed by atoms with Crippen molar-refractivity contribution in [1.29, 1.82) is 0 Å². The van der Waals surface area contributed by atoms with Crippen LogP contribution in [0, 0.1) is 0 Å². The van der Waals surface area contributed by atoms with E-state index in [4.69, 9.17) is 15.2 Å². The number of nitrogen functional groups attached to an aromatic ring is 1. The second-order valence-corrected chi connectivity index (χ2v) is 7.72. The molecular weight excluding hydrogens is 438 g/mol. The molecule has 1 aliphatic rings. The number of H-pyrrole nitrogens is 1. The fraction of sp³-hybridized carbons (Fsp3) is 0.400. The molecule has 3 heterocycles. The minimum Gasteiger partial charge on any atom is -0.482 e. The molecule has 0 radical (unpaired) electrons. The molecule has 0 bridgehead atoms. The van der Waals surface area contributed by atoms with Crippen molar-refractivity contribution >= 4 is 32.8 Å². The van der Waals surface area contributed by atoms with Gasteiger partial charge in [-0.3, -0.25) is 4.90 Å². The second-order valence-electron chi connectivity index (χ2n) is 6.81. The fourth-order valence-corrected chi connectivity index (χ4v) is 3.70. The number of rotatable bonds is 8. The predicted octanol–water partition coefficient (Wildman–Crippen LogP) is 2.21. The highest BCUT2D eigenvalue weighted by Crippen LogP contribution is 2.34. The number of hydrogen-bond acceptors (Lipinski definition) is 6. The summed E-state index contributed by atoms with van der Waals surface area (Å²) < 4.78 is 16.9. The quantitative estimate of drug-likeness (QED) is 0.393. The molecule has 0 spiro atoms. The first-order valence-corrected chi connectivity index (χ1v) is 10.5. The Morgan fingerprint density at radius 3 is 3.00 bits per heavy atom. The fourth-order valence-electron chi connectivity index (χ4n) is 3.34. The molecule has 1 aromatic carbocycles. The van der Waals surface area contributed by atoms with Gasteiger partial charge in [0, 0.05) is 40.2 Å². The Morgan fingerprint density at radius 2 is 2.14 bits per heavy atom. The minimum atomic E-state index is 0.215. The molecule has 3 aromatic rings. The third kappa shape index (κ3) is 5.05. The number of hydrogen-bond donors (Lipinski definition) is 2. The van der Waals surface area contributed by atoms with Gasteiger partial charge in [-0.2, -0.15) is 0 Å². The molecule has 8 nitrogen and oxygen atoms in total. The molecule has 4 rings (SSSR count). The summed E-state index contributed by atoms with van der Waals surface area (Å²) in [4.78, 5) is 14.2. The first-order chi connectivity index (χ1) is 14.2. The van der Waals surface area contributed by atoms with E-state index in [1.54, 1.807) is 6.20 Å². The van der Waals surface area contributed by atoms with Gasteiger partial charge in [-0.15, -0.1) is 0 Å². The number of aliphatic hydroxyl groups is 2. The van der Waals surface area contributed by atoms with Crippen LogP contribution in [0.3, 0.4) is 0 Å². The van der Waals surface area contributed by atoms with Gasteiger partial charge in [0.05, 0.1) is 26.0 Å². The van der Waals surface area contributed by atoms with E-state index < -0.39 is 0 Å². The smallest absolute Gasteiger partial charge is 0.220 e. The van der Waals surface area contributed by atoms with Crippen molar-refractivity contribution in [3.8, 4) is 17.0 Å². The molecule has 0 amide bonds. The van der Waals surface area contributed by atoms with Crippen LogP contribution in [0.5, 0.6) is 5.75 Å². The highest BCUT2D eigenvalue weighted by molar-refractivity contribution is 9.10. The van der Waals surface area contributed by atoms with Crippen LogP contribution in [0.4, 0.5) is 5.95 Å². The number of aromatic amines is 1. The van der Waals surface area contributed by atoms with Crippen LogP contribution in [-0.4, -0.2) is 77.3 Å². The van der Waals surface area contributed by atoms with Crippen LogP contribution in [0.1, 0.15) is 0 Å². The van der Waals surface area contributed by atoms with Crippen LogP contribution in [-0.2, 0) is 4.74 Å². The monoisotopic (exact) mass is 462 g/mol. The lowest BCUT2D eigenvalue weighted by Crippen LogP contribution is -2.38. The summed E-state index contributed by atoms with van der Waals surface area (Å²) in [6, 6.07) is 6.05. The van der Waals surface area contributed by atoms with E-state index >= 15 is 0 Å². The molecule has 0 atom stereocenters. The Balaban J connectivity index is 1.37. The van der Waals surface area contributed by atoms with Crippen LogP contribution in [0.15, 0.2) is 35.1 Å². The first-order valence-electron chi connectivity index (χ1n) is 9.66. The lowest BCUT2D eigenvalue weighted by atomic mass is 10.1. The normalized spacial score (nSPS) is 15.1. The molecule has 2 aromatic heterocycles. The third-order valence-electron chi connectivity index (χ3n) is 4.86. The summed E-state index contributed by atoms with van der Waals surface area (Å²) in [5, 5.41) is 1.04. The Morgan fingerprint density at radius 1 is 1.28 bits per heavy atom. The van der Waals surface area contributed by atoms with E-state index in [9.17, 15) is 0 Å². The maximum atomic E-state index is 5.95. The summed E-state index contributed by atoms with van der Waals surface area (Å²) in [7, 11) is 0. The molecule has 4 N–H and O–H groups in total. The Labute approximate surface area is 177 Å². The van der Waals surface area contributed by atoms with E-state index in [2.05, 4.69) is 40.5 Å². The van der Waals surface area contributed by atoms with Crippen molar-refractivity contribution in [1.82, 2.24) is 19.9 Å². The van der Waals surface area contributed by atoms with E-state index in [1.165, 1.54) is 0 Å². The molecule has 1 aliphatic heterocycles. The number of fused-ring (bicyclic) bond motifs is 1. The summed E-state index contributed by atoms with van der Waals surface area (Å²) >= 11 is 3.53. The Hall–Kier alpha value is -2.20. The molecular formula is C20H25BrN5O3+. The maximum absolute atomic E-state index is 5.95. The second kappa shape index (κ2) is 9.53. The van der Waals surface area contributed by atoms with Gasteiger partial charge in [-0.1, -0.05) is 15.9 Å². The first kappa shape index (κ1) is 20.1. The number of halogens is 1. The largest absolute Gasteiger partial charge is 0.482 e. The van der Waals surface area contributed by atoms with Crippen molar-refractivity contribution in [2.75, 3.05) is 58.4 Å². The topological polar surface area (TPSA) is 102 Å². The number of anilines is 1. The number of benzene rings is 1. The van der Waals surface area contributed by atoms with Crippen molar-refractivity contribution < 1.29 is 14.2 Å². The van der Waals surface area contributed by atoms with Crippen molar-refractivity contribution in [3.63, 3.8) is 0 Å². The lowest BCUT2D eigenvalue weighted by molar-refractivity contribution is -0.0683. The van der Waals surface area contributed by atoms with Gasteiger partial charge in [-0.05, 0) is 18.2 Å². The van der Waals surface area contributed by atoms with Crippen molar-refractivity contribution in [2.24, 2.45) is 0 Å². The number of morpholine rings is 1. The molecule has 1 saturated heterocycles. The molecule has 0 saturated carbocycles. The van der Waals surface area contributed by atoms with Crippen molar-refractivity contribution in [2.45, 2.75) is 0 Å². The Bertz CT molecular complexity index is 958. The van der Waals surface area contributed by atoms with Crippen molar-refractivity contribution in [3.05, 3.63) is 35.1 Å². The number of aromatic nitrogens is 3. The molecule has 29 heavy (non-hydrogen) atoms. The van der Waals surface area contributed by atoms with Crippen LogP contribution in [0.25, 0.3) is 22.2 Å². The number of nitrogens with one attached hydrogen (secondary N) is 1. The zero-order valence-corrected chi connectivity index (χ0v) is 17.7. The van der Waals surface area contributed by atoms with E-state index in [1.807, 2.05) is 24.4 Å². The van der Waals surface area contributed by atoms with E-state index in [0.29, 0.717) is 24.7 Å². The number of nitrogens with zero attached hydrogens (tertiary/aromatic N) is 3. The van der Waals surface area contributed by atoms with Gasteiger partial charge in [0.2, 0.25) is 5.95 Å². The zero-order chi connectivity index (χ0) is 20.1.